The molecular formula is C21H30N2O4. The lowest BCUT2D eigenvalue weighted by atomic mass is 9.77. The van der Waals surface area contributed by atoms with E-state index in [-0.39, 0.29) is 17.9 Å². The van der Waals surface area contributed by atoms with Gasteiger partial charge < -0.3 is 20.1 Å². The third kappa shape index (κ3) is 4.37. The first-order valence-corrected chi connectivity index (χ1v) is 10.0. The fraction of sp³-hybridized carbons (Fsp3) is 0.619. The van der Waals surface area contributed by atoms with Crippen molar-refractivity contribution >= 4 is 11.8 Å². The van der Waals surface area contributed by atoms with Crippen LogP contribution in [-0.4, -0.2) is 37.6 Å². The minimum Gasteiger partial charge on any atom is -0.486 e. The van der Waals surface area contributed by atoms with E-state index < -0.39 is 5.41 Å². The van der Waals surface area contributed by atoms with Gasteiger partial charge >= 0.3 is 0 Å². The number of fused-ring (bicyclic) bond motifs is 1. The summed E-state index contributed by atoms with van der Waals surface area (Å²) in [4.78, 5) is 25.0. The van der Waals surface area contributed by atoms with Crippen LogP contribution in [0.3, 0.4) is 0 Å². The van der Waals surface area contributed by atoms with Crippen LogP contribution in [0.4, 0.5) is 0 Å². The fourth-order valence-corrected chi connectivity index (χ4v) is 3.87. The summed E-state index contributed by atoms with van der Waals surface area (Å²) < 4.78 is 11.3. The summed E-state index contributed by atoms with van der Waals surface area (Å²) in [5.74, 6) is 1.43. The molecule has 0 radical (unpaired) electrons. The molecule has 1 fully saturated rings. The van der Waals surface area contributed by atoms with Gasteiger partial charge in [0, 0.05) is 19.0 Å². The second-order valence-electron chi connectivity index (χ2n) is 7.53. The topological polar surface area (TPSA) is 76.7 Å². The Bertz CT molecular complexity index is 683. The highest BCUT2D eigenvalue weighted by Gasteiger charge is 2.43. The van der Waals surface area contributed by atoms with Gasteiger partial charge in [0.05, 0.1) is 5.41 Å². The Morgan fingerprint density at radius 2 is 1.85 bits per heavy atom. The van der Waals surface area contributed by atoms with Crippen molar-refractivity contribution in [3.8, 4) is 11.5 Å². The van der Waals surface area contributed by atoms with Crippen molar-refractivity contribution in [1.29, 1.82) is 0 Å². The number of ether oxygens (including phenoxy) is 2. The molecule has 2 N–H and O–H groups in total. The van der Waals surface area contributed by atoms with Crippen LogP contribution in [0.2, 0.25) is 0 Å². The quantitative estimate of drug-likeness (QED) is 0.769. The molecule has 1 heterocycles. The van der Waals surface area contributed by atoms with Crippen molar-refractivity contribution in [2.75, 3.05) is 19.8 Å². The molecule has 27 heavy (non-hydrogen) atoms. The maximum atomic E-state index is 13.1. The maximum Gasteiger partial charge on any atom is 0.230 e. The van der Waals surface area contributed by atoms with Crippen LogP contribution in [-0.2, 0) is 15.0 Å². The third-order valence-corrected chi connectivity index (χ3v) is 5.64. The molecule has 1 saturated carbocycles. The lowest BCUT2D eigenvalue weighted by Crippen LogP contribution is -2.44. The second-order valence-corrected chi connectivity index (χ2v) is 7.53. The van der Waals surface area contributed by atoms with E-state index in [2.05, 4.69) is 10.6 Å². The molecule has 1 aromatic rings. The van der Waals surface area contributed by atoms with Gasteiger partial charge in [-0.25, -0.2) is 0 Å². The summed E-state index contributed by atoms with van der Waals surface area (Å²) in [6.07, 6.45) is 4.88. The molecule has 148 valence electrons. The molecular weight excluding hydrogens is 344 g/mol. The van der Waals surface area contributed by atoms with E-state index >= 15 is 0 Å². The minimum absolute atomic E-state index is 0.00742. The van der Waals surface area contributed by atoms with Gasteiger partial charge in [-0.1, -0.05) is 25.8 Å². The fourth-order valence-electron chi connectivity index (χ4n) is 3.87. The van der Waals surface area contributed by atoms with E-state index in [0.717, 1.165) is 43.4 Å². The first kappa shape index (κ1) is 19.5. The number of nitrogens with one attached hydrogen (secondary N) is 2. The number of benzene rings is 1. The summed E-state index contributed by atoms with van der Waals surface area (Å²) in [5.41, 5.74) is 0.439. The molecule has 1 aromatic carbocycles. The first-order chi connectivity index (χ1) is 13.0. The zero-order valence-corrected chi connectivity index (χ0v) is 16.3. The molecule has 0 saturated heterocycles. The third-order valence-electron chi connectivity index (χ3n) is 5.64. The van der Waals surface area contributed by atoms with E-state index in [9.17, 15) is 9.59 Å². The van der Waals surface area contributed by atoms with Gasteiger partial charge in [0.25, 0.3) is 0 Å². The Balaban J connectivity index is 1.66. The highest BCUT2D eigenvalue weighted by Crippen LogP contribution is 2.44. The van der Waals surface area contributed by atoms with Crippen molar-refractivity contribution in [2.24, 2.45) is 0 Å². The van der Waals surface area contributed by atoms with Gasteiger partial charge in [-0.15, -0.1) is 0 Å². The molecule has 1 aliphatic carbocycles. The summed E-state index contributed by atoms with van der Waals surface area (Å²) in [7, 11) is 0. The van der Waals surface area contributed by atoms with Gasteiger partial charge in [0.2, 0.25) is 11.8 Å². The smallest absolute Gasteiger partial charge is 0.230 e. The Kier molecular flexibility index (Phi) is 6.24. The molecule has 1 aliphatic heterocycles. The zero-order chi connectivity index (χ0) is 19.3. The molecule has 0 aromatic heterocycles. The average Bonchev–Trinajstić information content (AvgIpc) is 3.18. The predicted octanol–water partition coefficient (Wildman–Crippen LogP) is 2.69. The second kappa shape index (κ2) is 8.63. The Morgan fingerprint density at radius 3 is 2.56 bits per heavy atom. The molecule has 0 bridgehead atoms. The number of carbonyl (C=O) groups is 2. The number of hydrogen-bond donors (Lipinski definition) is 2. The highest BCUT2D eigenvalue weighted by molar-refractivity contribution is 5.89. The Hall–Kier alpha value is -2.24. The largest absolute Gasteiger partial charge is 0.486 e. The molecule has 2 amide bonds. The molecule has 2 aliphatic rings. The van der Waals surface area contributed by atoms with Gasteiger partial charge in [0.1, 0.15) is 13.2 Å². The summed E-state index contributed by atoms with van der Waals surface area (Å²) in [6.45, 7) is 5.45. The van der Waals surface area contributed by atoms with Crippen LogP contribution < -0.4 is 20.1 Å². The number of hydrogen-bond acceptors (Lipinski definition) is 4. The number of amides is 2. The summed E-state index contributed by atoms with van der Waals surface area (Å²) >= 11 is 0. The normalized spacial score (nSPS) is 18.6. The van der Waals surface area contributed by atoms with Crippen LogP contribution in [0, 0.1) is 0 Å². The minimum atomic E-state index is -0.539. The first-order valence-electron chi connectivity index (χ1n) is 10.0. The van der Waals surface area contributed by atoms with Crippen LogP contribution in [0.15, 0.2) is 18.2 Å². The lowest BCUT2D eigenvalue weighted by molar-refractivity contribution is -0.127. The molecule has 6 nitrogen and oxygen atoms in total. The van der Waals surface area contributed by atoms with Crippen molar-refractivity contribution in [2.45, 2.75) is 63.8 Å². The van der Waals surface area contributed by atoms with Crippen LogP contribution in [0.1, 0.15) is 57.9 Å². The Labute approximate surface area is 161 Å². The maximum absolute atomic E-state index is 13.1. The monoisotopic (exact) mass is 374 g/mol. The summed E-state index contributed by atoms with van der Waals surface area (Å²) in [5, 5.41) is 5.92. The van der Waals surface area contributed by atoms with Crippen LogP contribution in [0.25, 0.3) is 0 Å². The highest BCUT2D eigenvalue weighted by atomic mass is 16.6. The standard InChI is InChI=1S/C21H30N2O4/c1-3-15(2)23-19(24)8-11-22-20(25)21(9-4-5-10-21)16-6-7-17-18(14-16)27-13-12-26-17/h6-7,14-15H,3-5,8-13H2,1-2H3,(H,22,25)(H,23,24). The zero-order valence-electron chi connectivity index (χ0n) is 16.3. The van der Waals surface area contributed by atoms with Gasteiger partial charge in [-0.3, -0.25) is 9.59 Å². The van der Waals surface area contributed by atoms with E-state index in [4.69, 9.17) is 9.47 Å². The summed E-state index contributed by atoms with van der Waals surface area (Å²) in [6, 6.07) is 5.99. The van der Waals surface area contributed by atoms with Crippen molar-refractivity contribution in [1.82, 2.24) is 10.6 Å². The van der Waals surface area contributed by atoms with Crippen LogP contribution in [0.5, 0.6) is 11.5 Å². The van der Waals surface area contributed by atoms with E-state index in [0.29, 0.717) is 31.9 Å². The van der Waals surface area contributed by atoms with Crippen LogP contribution >= 0.6 is 0 Å². The lowest BCUT2D eigenvalue weighted by Gasteiger charge is -2.30. The van der Waals surface area contributed by atoms with Gasteiger partial charge in [-0.2, -0.15) is 0 Å². The number of rotatable bonds is 7. The van der Waals surface area contributed by atoms with Crippen molar-refractivity contribution in [3.05, 3.63) is 23.8 Å². The molecule has 0 spiro atoms. The van der Waals surface area contributed by atoms with Crippen molar-refractivity contribution in [3.63, 3.8) is 0 Å². The SMILES string of the molecule is CCC(C)NC(=O)CCNC(=O)C1(c2ccc3c(c2)OCCO3)CCCC1. The van der Waals surface area contributed by atoms with Crippen molar-refractivity contribution < 1.29 is 19.1 Å². The van der Waals surface area contributed by atoms with E-state index in [1.165, 1.54) is 0 Å². The van der Waals surface area contributed by atoms with Gasteiger partial charge in [0.15, 0.2) is 11.5 Å². The molecule has 1 atom stereocenters. The van der Waals surface area contributed by atoms with Gasteiger partial charge in [-0.05, 0) is 43.9 Å². The molecule has 6 heteroatoms. The number of carbonyl (C=O) groups excluding carboxylic acids is 2. The molecule has 3 rings (SSSR count). The van der Waals surface area contributed by atoms with E-state index in [1.807, 2.05) is 32.0 Å². The predicted molar refractivity (Wildman–Crippen MR) is 103 cm³/mol. The molecule has 1 unspecified atom stereocenters. The Morgan fingerprint density at radius 1 is 1.15 bits per heavy atom. The average molecular weight is 374 g/mol. The van der Waals surface area contributed by atoms with E-state index in [1.54, 1.807) is 0 Å².